The zero-order valence-electron chi connectivity index (χ0n) is 42.0. The number of nitrogens with zero attached hydrogens (tertiary/aromatic N) is 1. The van der Waals surface area contributed by atoms with E-state index >= 15 is 0 Å². The molecule has 0 saturated heterocycles. The molecule has 8 nitrogen and oxygen atoms in total. The molecule has 63 heavy (non-hydrogen) atoms. The fraction of sp³-hybridized carbons (Fsp3) is 0.833. The van der Waals surface area contributed by atoms with Crippen LogP contribution in [0.2, 0.25) is 0 Å². The minimum Gasteiger partial charge on any atom is -0.756 e. The molecule has 3 unspecified atom stereocenters. The molecule has 9 heteroatoms. The number of phosphoric acid groups is 1. The maximum Gasteiger partial charge on any atom is 0.268 e. The maximum absolute atomic E-state index is 12.9. The van der Waals surface area contributed by atoms with E-state index in [0.717, 1.165) is 51.4 Å². The van der Waals surface area contributed by atoms with Gasteiger partial charge in [0.05, 0.1) is 39.9 Å². The lowest BCUT2D eigenvalue weighted by molar-refractivity contribution is -0.870. The Balaban J connectivity index is 4.19. The van der Waals surface area contributed by atoms with Crippen molar-refractivity contribution < 1.29 is 32.9 Å². The Labute approximate surface area is 390 Å². The summed E-state index contributed by atoms with van der Waals surface area (Å²) in [5.74, 6) is -0.211. The molecule has 0 radical (unpaired) electrons. The van der Waals surface area contributed by atoms with Crippen LogP contribution < -0.4 is 10.2 Å². The predicted octanol–water partition coefficient (Wildman–Crippen LogP) is 15.0. The number of carbonyl (C=O) groups is 1. The number of aliphatic hydroxyl groups excluding tert-OH is 1. The molecular formula is C54H103N2O6P. The van der Waals surface area contributed by atoms with Crippen LogP contribution in [0.15, 0.2) is 48.6 Å². The zero-order chi connectivity index (χ0) is 46.4. The van der Waals surface area contributed by atoms with Crippen molar-refractivity contribution in [1.29, 1.82) is 0 Å². The fourth-order valence-electron chi connectivity index (χ4n) is 7.53. The molecule has 0 aliphatic rings. The number of phosphoric ester groups is 1. The van der Waals surface area contributed by atoms with Gasteiger partial charge in [0.1, 0.15) is 13.2 Å². The van der Waals surface area contributed by atoms with E-state index in [0.29, 0.717) is 17.4 Å². The van der Waals surface area contributed by atoms with E-state index in [-0.39, 0.29) is 12.5 Å². The largest absolute Gasteiger partial charge is 0.756 e. The first kappa shape index (κ1) is 61.5. The summed E-state index contributed by atoms with van der Waals surface area (Å²) in [4.78, 5) is 25.4. The van der Waals surface area contributed by atoms with Gasteiger partial charge in [-0.25, -0.2) is 0 Å². The van der Waals surface area contributed by atoms with E-state index < -0.39 is 26.6 Å². The molecule has 0 aromatic heterocycles. The highest BCUT2D eigenvalue weighted by molar-refractivity contribution is 7.45. The smallest absolute Gasteiger partial charge is 0.268 e. The summed E-state index contributed by atoms with van der Waals surface area (Å²) in [5, 5.41) is 13.8. The third-order valence-corrected chi connectivity index (χ3v) is 12.7. The molecule has 0 bridgehead atoms. The van der Waals surface area contributed by atoms with Crippen molar-refractivity contribution >= 4 is 13.7 Å². The number of aliphatic hydroxyl groups is 1. The molecule has 2 N–H and O–H groups in total. The van der Waals surface area contributed by atoms with Gasteiger partial charge in [-0.1, -0.05) is 210 Å². The Hall–Kier alpha value is -1.54. The Bertz CT molecular complexity index is 1170. The van der Waals surface area contributed by atoms with E-state index in [2.05, 4.69) is 55.6 Å². The van der Waals surface area contributed by atoms with Crippen LogP contribution in [0.3, 0.4) is 0 Å². The fourth-order valence-corrected chi connectivity index (χ4v) is 8.26. The van der Waals surface area contributed by atoms with Crippen LogP contribution in [0.25, 0.3) is 0 Å². The van der Waals surface area contributed by atoms with Crippen LogP contribution in [0, 0.1) is 0 Å². The lowest BCUT2D eigenvalue weighted by Crippen LogP contribution is -2.45. The summed E-state index contributed by atoms with van der Waals surface area (Å²) >= 11 is 0. The Morgan fingerprint density at radius 1 is 0.540 bits per heavy atom. The average molecular weight is 907 g/mol. The zero-order valence-corrected chi connectivity index (χ0v) is 42.9. The summed E-state index contributed by atoms with van der Waals surface area (Å²) in [6, 6.07) is -0.908. The lowest BCUT2D eigenvalue weighted by Gasteiger charge is -2.29. The SMILES string of the molecule is CCCCCC/C=C/CC/C=C/CC/C=C/C(O)C(COP(=O)([O-])OCC[N+](C)(C)C)NC(=O)CCCCCCCCCCCCCCCCC/C=C\CCCCCCCCCC. The van der Waals surface area contributed by atoms with Gasteiger partial charge in [-0.15, -0.1) is 0 Å². The summed E-state index contributed by atoms with van der Waals surface area (Å²) in [7, 11) is 1.24. The summed E-state index contributed by atoms with van der Waals surface area (Å²) in [6.45, 7) is 4.60. The quantitative estimate of drug-likeness (QED) is 0.0272. The summed E-state index contributed by atoms with van der Waals surface area (Å²) in [5.41, 5.74) is 0. The minimum atomic E-state index is -4.60. The summed E-state index contributed by atoms with van der Waals surface area (Å²) in [6.07, 6.45) is 59.0. The molecular weight excluding hydrogens is 804 g/mol. The highest BCUT2D eigenvalue weighted by atomic mass is 31.2. The molecule has 0 heterocycles. The van der Waals surface area contributed by atoms with Crippen LogP contribution in [0.1, 0.15) is 239 Å². The maximum atomic E-state index is 12.9. The molecule has 370 valence electrons. The molecule has 1 amide bonds. The van der Waals surface area contributed by atoms with Crippen molar-refractivity contribution in [2.45, 2.75) is 251 Å². The Morgan fingerprint density at radius 3 is 1.30 bits per heavy atom. The molecule has 0 rings (SSSR count). The van der Waals surface area contributed by atoms with Gasteiger partial charge >= 0.3 is 0 Å². The predicted molar refractivity (Wildman–Crippen MR) is 270 cm³/mol. The van der Waals surface area contributed by atoms with Crippen molar-refractivity contribution in [2.75, 3.05) is 40.9 Å². The summed E-state index contributed by atoms with van der Waals surface area (Å²) < 4.78 is 23.2. The van der Waals surface area contributed by atoms with Gasteiger partial charge in [0, 0.05) is 6.42 Å². The first-order chi connectivity index (χ1) is 30.5. The van der Waals surface area contributed by atoms with E-state index in [9.17, 15) is 19.4 Å². The van der Waals surface area contributed by atoms with Crippen LogP contribution in [-0.2, 0) is 18.4 Å². The van der Waals surface area contributed by atoms with Gasteiger partial charge in [0.2, 0.25) is 5.91 Å². The number of hydrogen-bond acceptors (Lipinski definition) is 6. The number of amides is 1. The lowest BCUT2D eigenvalue weighted by atomic mass is 10.0. The second-order valence-corrected chi connectivity index (χ2v) is 20.6. The monoisotopic (exact) mass is 907 g/mol. The van der Waals surface area contributed by atoms with Gasteiger partial charge in [0.25, 0.3) is 7.82 Å². The molecule has 0 aromatic carbocycles. The normalized spacial score (nSPS) is 14.5. The molecule has 0 spiro atoms. The first-order valence-corrected chi connectivity index (χ1v) is 28.0. The number of nitrogens with one attached hydrogen (secondary N) is 1. The number of rotatable bonds is 48. The van der Waals surface area contributed by atoms with Gasteiger partial charge in [-0.05, 0) is 70.6 Å². The number of allylic oxidation sites excluding steroid dienone is 7. The Kier molecular flexibility index (Phi) is 44.5. The van der Waals surface area contributed by atoms with E-state index in [4.69, 9.17) is 9.05 Å². The molecule has 0 aliphatic heterocycles. The third kappa shape index (κ3) is 48.2. The van der Waals surface area contributed by atoms with Crippen LogP contribution in [-0.4, -0.2) is 68.5 Å². The van der Waals surface area contributed by atoms with Gasteiger partial charge in [-0.2, -0.15) is 0 Å². The first-order valence-electron chi connectivity index (χ1n) is 26.5. The number of hydrogen-bond donors (Lipinski definition) is 2. The van der Waals surface area contributed by atoms with E-state index in [1.165, 1.54) is 167 Å². The van der Waals surface area contributed by atoms with Crippen molar-refractivity contribution in [3.63, 3.8) is 0 Å². The number of carbonyl (C=O) groups excluding carboxylic acids is 1. The molecule has 0 aliphatic carbocycles. The van der Waals surface area contributed by atoms with E-state index in [1.807, 2.05) is 27.2 Å². The minimum absolute atomic E-state index is 0.00912. The second kappa shape index (κ2) is 45.6. The van der Waals surface area contributed by atoms with Gasteiger partial charge in [0.15, 0.2) is 0 Å². The van der Waals surface area contributed by atoms with Crippen LogP contribution >= 0.6 is 7.82 Å². The van der Waals surface area contributed by atoms with Crippen molar-refractivity contribution in [3.8, 4) is 0 Å². The second-order valence-electron chi connectivity index (χ2n) is 19.2. The number of unbranched alkanes of at least 4 members (excludes halogenated alkanes) is 29. The van der Waals surface area contributed by atoms with Crippen molar-refractivity contribution in [2.24, 2.45) is 0 Å². The third-order valence-electron chi connectivity index (χ3n) is 11.7. The standard InChI is InChI=1S/C54H103N2O6P/c1-6-8-10-12-14-16-18-20-22-23-24-25-26-27-28-29-30-31-32-33-34-36-38-40-42-44-46-48-54(58)55-52(51-62-63(59,60)61-50-49-56(3,4)5)53(57)47-45-43-41-39-37-35-21-19-17-15-13-11-9-7-2/h17,19,23-24,37,39,45,47,52-53,57H,6-16,18,20-22,25-36,38,40-44,46,48-51H2,1-5H3,(H-,55,58,59,60)/b19-17+,24-23-,39-37+,47-45+. The van der Waals surface area contributed by atoms with Crippen molar-refractivity contribution in [3.05, 3.63) is 48.6 Å². The Morgan fingerprint density at radius 2 is 0.889 bits per heavy atom. The van der Waals surface area contributed by atoms with Crippen LogP contribution in [0.5, 0.6) is 0 Å². The molecule has 0 saturated carbocycles. The highest BCUT2D eigenvalue weighted by Crippen LogP contribution is 2.38. The highest BCUT2D eigenvalue weighted by Gasteiger charge is 2.23. The van der Waals surface area contributed by atoms with Gasteiger partial charge in [-0.3, -0.25) is 9.36 Å². The molecule has 0 aromatic rings. The van der Waals surface area contributed by atoms with Crippen LogP contribution in [0.4, 0.5) is 0 Å². The average Bonchev–Trinajstić information content (AvgIpc) is 3.24. The number of likely N-dealkylation sites (N-methyl/N-ethyl adjacent to an activating group) is 1. The topological polar surface area (TPSA) is 108 Å². The van der Waals surface area contributed by atoms with Crippen molar-refractivity contribution in [1.82, 2.24) is 5.32 Å². The molecule has 0 fully saturated rings. The van der Waals surface area contributed by atoms with Gasteiger partial charge < -0.3 is 28.8 Å². The van der Waals surface area contributed by atoms with E-state index in [1.54, 1.807) is 6.08 Å². The molecule has 3 atom stereocenters. The number of quaternary nitrogens is 1.